The van der Waals surface area contributed by atoms with Gasteiger partial charge in [0.2, 0.25) is 10.0 Å². The van der Waals surface area contributed by atoms with E-state index in [1.807, 2.05) is 43.3 Å². The van der Waals surface area contributed by atoms with Gasteiger partial charge in [0.1, 0.15) is 5.75 Å². The molecule has 154 valence electrons. The van der Waals surface area contributed by atoms with Crippen molar-refractivity contribution in [3.05, 3.63) is 66.5 Å². The number of nitrogens with one attached hydrogen (secondary N) is 1. The summed E-state index contributed by atoms with van der Waals surface area (Å²) in [4.78, 5) is 4.47. The van der Waals surface area contributed by atoms with Crippen molar-refractivity contribution in [2.45, 2.75) is 17.9 Å². The van der Waals surface area contributed by atoms with Gasteiger partial charge in [-0.15, -0.1) is 12.4 Å². The van der Waals surface area contributed by atoms with Gasteiger partial charge in [-0.1, -0.05) is 30.3 Å². The fourth-order valence-corrected chi connectivity index (χ4v) is 5.52. The quantitative estimate of drug-likeness (QED) is 0.667. The van der Waals surface area contributed by atoms with Crippen LogP contribution in [0.3, 0.4) is 0 Å². The Labute approximate surface area is 177 Å². The third-order valence-electron chi connectivity index (χ3n) is 4.99. The highest BCUT2D eigenvalue weighted by atomic mass is 35.5. The first-order chi connectivity index (χ1) is 13.6. The van der Waals surface area contributed by atoms with Crippen LogP contribution in [0, 0.1) is 0 Å². The fraction of sp³-hybridized carbons (Fsp3) is 0.286. The molecule has 0 spiro atoms. The number of piperazine rings is 1. The summed E-state index contributed by atoms with van der Waals surface area (Å²) in [5.41, 5.74) is 0.883. The number of hydrogen-bond donors (Lipinski definition) is 1. The maximum Gasteiger partial charge on any atom is 0.244 e. The van der Waals surface area contributed by atoms with Gasteiger partial charge in [-0.25, -0.2) is 8.42 Å². The summed E-state index contributed by atoms with van der Waals surface area (Å²) in [6.45, 7) is 4.02. The van der Waals surface area contributed by atoms with Crippen molar-refractivity contribution in [2.75, 3.05) is 26.2 Å². The molecule has 0 aliphatic carbocycles. The van der Waals surface area contributed by atoms with Crippen LogP contribution in [0.15, 0.2) is 65.8 Å². The average molecular weight is 434 g/mol. The molecule has 2 heterocycles. The first kappa shape index (κ1) is 21.5. The first-order valence-electron chi connectivity index (χ1n) is 9.40. The molecule has 4 rings (SSSR count). The lowest BCUT2D eigenvalue weighted by atomic mass is 10.1. The Hall–Kier alpha value is -2.19. The normalized spacial score (nSPS) is 17.6. The topological polar surface area (TPSA) is 71.5 Å². The maximum atomic E-state index is 13.7. The van der Waals surface area contributed by atoms with E-state index < -0.39 is 10.0 Å². The Morgan fingerprint density at radius 3 is 2.66 bits per heavy atom. The maximum absolute atomic E-state index is 13.7. The summed E-state index contributed by atoms with van der Waals surface area (Å²) in [6.07, 6.45) is 3.43. The van der Waals surface area contributed by atoms with Crippen molar-refractivity contribution in [2.24, 2.45) is 0 Å². The third-order valence-corrected chi connectivity index (χ3v) is 6.96. The van der Waals surface area contributed by atoms with Gasteiger partial charge in [-0.2, -0.15) is 4.31 Å². The Kier molecular flexibility index (Phi) is 6.74. The molecule has 1 aromatic heterocycles. The molecular weight excluding hydrogens is 410 g/mol. The summed E-state index contributed by atoms with van der Waals surface area (Å²) >= 11 is 0. The lowest BCUT2D eigenvalue weighted by Crippen LogP contribution is -2.48. The smallest absolute Gasteiger partial charge is 0.244 e. The average Bonchev–Trinajstić information content (AvgIpc) is 2.74. The minimum atomic E-state index is -3.71. The lowest BCUT2D eigenvalue weighted by Gasteiger charge is -2.35. The molecule has 0 amide bonds. The van der Waals surface area contributed by atoms with Crippen molar-refractivity contribution in [1.29, 1.82) is 0 Å². The van der Waals surface area contributed by atoms with Crippen LogP contribution in [0.2, 0.25) is 0 Å². The Morgan fingerprint density at radius 2 is 1.93 bits per heavy atom. The molecule has 6 nitrogen and oxygen atoms in total. The molecule has 0 radical (unpaired) electrons. The molecular formula is C21H24ClN3O3S. The SMILES string of the molecule is CCOc1ccc(S(=O)(=O)N2CCNCC2c2cccnc2)c2ccccc12.Cl. The summed E-state index contributed by atoms with van der Waals surface area (Å²) in [7, 11) is -3.71. The van der Waals surface area contributed by atoms with Gasteiger partial charge in [0.05, 0.1) is 17.5 Å². The van der Waals surface area contributed by atoms with E-state index in [0.29, 0.717) is 42.3 Å². The van der Waals surface area contributed by atoms with E-state index in [9.17, 15) is 8.42 Å². The monoisotopic (exact) mass is 433 g/mol. The number of sulfonamides is 1. The lowest BCUT2D eigenvalue weighted by molar-refractivity contribution is 0.271. The highest BCUT2D eigenvalue weighted by Crippen LogP contribution is 2.35. The van der Waals surface area contributed by atoms with Crippen LogP contribution in [-0.2, 0) is 10.0 Å². The predicted octanol–water partition coefficient (Wildman–Crippen LogP) is 3.39. The summed E-state index contributed by atoms with van der Waals surface area (Å²) in [5.74, 6) is 0.696. The first-order valence-corrected chi connectivity index (χ1v) is 10.8. The Bertz CT molecular complexity index is 1080. The number of ether oxygens (including phenoxy) is 1. The van der Waals surface area contributed by atoms with Gasteiger partial charge < -0.3 is 10.1 Å². The van der Waals surface area contributed by atoms with E-state index in [-0.39, 0.29) is 18.4 Å². The van der Waals surface area contributed by atoms with E-state index in [2.05, 4.69) is 10.3 Å². The summed E-state index contributed by atoms with van der Waals surface area (Å²) < 4.78 is 34.7. The van der Waals surface area contributed by atoms with Crippen molar-refractivity contribution < 1.29 is 13.2 Å². The molecule has 1 saturated heterocycles. The van der Waals surface area contributed by atoms with E-state index in [4.69, 9.17) is 4.74 Å². The van der Waals surface area contributed by atoms with E-state index in [1.165, 1.54) is 0 Å². The molecule has 8 heteroatoms. The van der Waals surface area contributed by atoms with E-state index in [0.717, 1.165) is 10.9 Å². The van der Waals surface area contributed by atoms with Crippen molar-refractivity contribution in [3.8, 4) is 5.75 Å². The zero-order valence-electron chi connectivity index (χ0n) is 16.1. The number of nitrogens with zero attached hydrogens (tertiary/aromatic N) is 2. The fourth-order valence-electron chi connectivity index (χ4n) is 3.71. The van der Waals surface area contributed by atoms with Crippen molar-refractivity contribution >= 4 is 33.2 Å². The van der Waals surface area contributed by atoms with E-state index >= 15 is 0 Å². The predicted molar refractivity (Wildman–Crippen MR) is 116 cm³/mol. The molecule has 0 saturated carbocycles. The summed E-state index contributed by atoms with van der Waals surface area (Å²) in [6, 6.07) is 14.4. The van der Waals surface area contributed by atoms with Crippen molar-refractivity contribution in [1.82, 2.24) is 14.6 Å². The number of rotatable bonds is 5. The van der Waals surface area contributed by atoms with Crippen LogP contribution in [0.25, 0.3) is 10.8 Å². The van der Waals surface area contributed by atoms with Gasteiger partial charge in [0.25, 0.3) is 0 Å². The minimum Gasteiger partial charge on any atom is -0.493 e. The highest BCUT2D eigenvalue weighted by Gasteiger charge is 2.35. The van der Waals surface area contributed by atoms with Crippen LogP contribution in [-0.4, -0.2) is 43.9 Å². The third kappa shape index (κ3) is 4.09. The Balaban J connectivity index is 0.00000240. The number of aromatic nitrogens is 1. The van der Waals surface area contributed by atoms with Gasteiger partial charge >= 0.3 is 0 Å². The van der Waals surface area contributed by atoms with Gasteiger partial charge in [0, 0.05) is 42.8 Å². The van der Waals surface area contributed by atoms with Crippen LogP contribution in [0.5, 0.6) is 5.75 Å². The second-order valence-corrected chi connectivity index (χ2v) is 8.52. The molecule has 0 bridgehead atoms. The zero-order valence-corrected chi connectivity index (χ0v) is 17.7. The molecule has 2 aromatic carbocycles. The second-order valence-electron chi connectivity index (χ2n) is 6.66. The number of benzene rings is 2. The standard InChI is InChI=1S/C21H23N3O3S.ClH/c1-2-27-20-9-10-21(18-8-4-3-7-17(18)20)28(25,26)24-13-12-23-15-19(24)16-6-5-11-22-14-16;/h3-11,14,19,23H,2,12-13,15H2,1H3;1H. The second kappa shape index (κ2) is 9.09. The van der Waals surface area contributed by atoms with Gasteiger partial charge in [-0.05, 0) is 30.7 Å². The molecule has 29 heavy (non-hydrogen) atoms. The number of hydrogen-bond acceptors (Lipinski definition) is 5. The van der Waals surface area contributed by atoms with E-state index in [1.54, 1.807) is 28.8 Å². The molecule has 1 fully saturated rings. The molecule has 1 unspecified atom stereocenters. The number of pyridine rings is 1. The molecule has 3 aromatic rings. The number of fused-ring (bicyclic) bond motifs is 1. The van der Waals surface area contributed by atoms with Gasteiger partial charge in [-0.3, -0.25) is 4.98 Å². The molecule has 1 atom stereocenters. The minimum absolute atomic E-state index is 0. The molecule has 1 aliphatic rings. The Morgan fingerprint density at radius 1 is 1.14 bits per heavy atom. The number of halogens is 1. The van der Waals surface area contributed by atoms with Crippen LogP contribution < -0.4 is 10.1 Å². The zero-order chi connectivity index (χ0) is 19.6. The van der Waals surface area contributed by atoms with Crippen LogP contribution in [0.4, 0.5) is 0 Å². The molecule has 1 N–H and O–H groups in total. The highest BCUT2D eigenvalue weighted by molar-refractivity contribution is 7.89. The summed E-state index contributed by atoms with van der Waals surface area (Å²) in [5, 5.41) is 4.78. The van der Waals surface area contributed by atoms with Crippen LogP contribution >= 0.6 is 12.4 Å². The van der Waals surface area contributed by atoms with Gasteiger partial charge in [0.15, 0.2) is 0 Å². The molecule has 1 aliphatic heterocycles. The van der Waals surface area contributed by atoms with Crippen LogP contribution in [0.1, 0.15) is 18.5 Å². The largest absolute Gasteiger partial charge is 0.493 e. The van der Waals surface area contributed by atoms with Crippen molar-refractivity contribution in [3.63, 3.8) is 0 Å².